The topological polar surface area (TPSA) is 38.3 Å². The smallest absolute Gasteiger partial charge is 0.252 e. The van der Waals surface area contributed by atoms with E-state index >= 15 is 0 Å². The monoisotopic (exact) mass is 291 g/mol. The number of hydrogen-bond donors (Lipinski definition) is 1. The minimum absolute atomic E-state index is 0.0381. The Kier molecular flexibility index (Phi) is 5.28. The maximum atomic E-state index is 11.7. The molecule has 0 fully saturated rings. The van der Waals surface area contributed by atoms with E-state index in [2.05, 4.69) is 21.2 Å². The summed E-state index contributed by atoms with van der Waals surface area (Å²) in [5.74, 6) is -0.0517. The van der Waals surface area contributed by atoms with E-state index in [-0.39, 0.29) is 11.9 Å². The highest BCUT2D eigenvalue weighted by molar-refractivity contribution is 9.11. The molecule has 1 unspecified atom stereocenters. The quantitative estimate of drug-likeness (QED) is 0.906. The van der Waals surface area contributed by atoms with Crippen LogP contribution >= 0.6 is 27.3 Å². The number of hydrogen-bond acceptors (Lipinski definition) is 3. The van der Waals surface area contributed by atoms with Gasteiger partial charge in [0.15, 0.2) is 0 Å². The van der Waals surface area contributed by atoms with Gasteiger partial charge in [0.05, 0.1) is 16.0 Å². The predicted molar refractivity (Wildman–Crippen MR) is 65.4 cm³/mol. The summed E-state index contributed by atoms with van der Waals surface area (Å²) >= 11 is 4.82. The zero-order chi connectivity index (χ0) is 11.3. The van der Waals surface area contributed by atoms with Crippen LogP contribution in [0.2, 0.25) is 0 Å². The van der Waals surface area contributed by atoms with E-state index in [1.54, 1.807) is 0 Å². The maximum Gasteiger partial charge on any atom is 0.252 e. The van der Waals surface area contributed by atoms with Gasteiger partial charge in [0, 0.05) is 18.0 Å². The van der Waals surface area contributed by atoms with Crippen LogP contribution in [0.3, 0.4) is 0 Å². The number of thiophene rings is 1. The summed E-state index contributed by atoms with van der Waals surface area (Å²) in [5, 5.41) is 4.69. The minimum Gasteiger partial charge on any atom is -0.380 e. The van der Waals surface area contributed by atoms with Crippen molar-refractivity contribution in [2.24, 2.45) is 0 Å². The Hall–Kier alpha value is -0.390. The number of ether oxygens (including phenoxy) is 1. The summed E-state index contributed by atoms with van der Waals surface area (Å²) in [6.07, 6.45) is 0. The van der Waals surface area contributed by atoms with Crippen LogP contribution in [0.1, 0.15) is 24.2 Å². The third kappa shape index (κ3) is 4.32. The Labute approximate surface area is 102 Å². The number of carbonyl (C=O) groups is 1. The molecular formula is C10H14BrNO2S. The normalized spacial score (nSPS) is 12.5. The number of carbonyl (C=O) groups excluding carboxylic acids is 1. The molecule has 0 bridgehead atoms. The van der Waals surface area contributed by atoms with E-state index in [4.69, 9.17) is 4.74 Å². The molecule has 0 aliphatic carbocycles. The molecule has 0 aliphatic rings. The predicted octanol–water partition coefficient (Wildman–Crippen LogP) is 2.67. The van der Waals surface area contributed by atoms with Crippen molar-refractivity contribution in [1.82, 2.24) is 5.32 Å². The van der Waals surface area contributed by atoms with Gasteiger partial charge in [-0.1, -0.05) is 0 Å². The average Bonchev–Trinajstić information content (AvgIpc) is 2.61. The molecule has 15 heavy (non-hydrogen) atoms. The van der Waals surface area contributed by atoms with Gasteiger partial charge in [0.25, 0.3) is 5.91 Å². The summed E-state index contributed by atoms with van der Waals surface area (Å²) in [6, 6.07) is 1.85. The molecule has 0 aliphatic heterocycles. The second-order valence-electron chi connectivity index (χ2n) is 3.17. The Balaban J connectivity index is 2.42. The zero-order valence-electron chi connectivity index (χ0n) is 8.75. The van der Waals surface area contributed by atoms with Gasteiger partial charge in [0.1, 0.15) is 0 Å². The van der Waals surface area contributed by atoms with Gasteiger partial charge >= 0.3 is 0 Å². The van der Waals surface area contributed by atoms with Crippen molar-refractivity contribution >= 4 is 33.2 Å². The molecule has 1 aromatic heterocycles. The van der Waals surface area contributed by atoms with Crippen LogP contribution in [0.4, 0.5) is 0 Å². The number of halogens is 1. The third-order valence-electron chi connectivity index (χ3n) is 1.78. The molecular weight excluding hydrogens is 278 g/mol. The fourth-order valence-corrected chi connectivity index (χ4v) is 2.21. The van der Waals surface area contributed by atoms with Gasteiger partial charge < -0.3 is 10.1 Å². The van der Waals surface area contributed by atoms with Crippen molar-refractivity contribution < 1.29 is 9.53 Å². The van der Waals surface area contributed by atoms with Gasteiger partial charge in [-0.3, -0.25) is 4.79 Å². The summed E-state index contributed by atoms with van der Waals surface area (Å²) in [6.45, 7) is 5.08. The number of amides is 1. The van der Waals surface area contributed by atoms with Gasteiger partial charge in [0.2, 0.25) is 0 Å². The highest BCUT2D eigenvalue weighted by Gasteiger charge is 2.10. The fourth-order valence-electron chi connectivity index (χ4n) is 1.07. The lowest BCUT2D eigenvalue weighted by Crippen LogP contribution is -2.35. The first-order valence-electron chi connectivity index (χ1n) is 4.76. The van der Waals surface area contributed by atoms with Crippen LogP contribution in [0.25, 0.3) is 0 Å². The second kappa shape index (κ2) is 6.25. The molecule has 3 nitrogen and oxygen atoms in total. The van der Waals surface area contributed by atoms with Crippen LogP contribution < -0.4 is 5.32 Å². The molecule has 1 amide bonds. The zero-order valence-corrected chi connectivity index (χ0v) is 11.2. The Morgan fingerprint density at radius 2 is 2.47 bits per heavy atom. The highest BCUT2D eigenvalue weighted by Crippen LogP contribution is 2.20. The van der Waals surface area contributed by atoms with Gasteiger partial charge in [-0.15, -0.1) is 11.3 Å². The lowest BCUT2D eigenvalue weighted by molar-refractivity contribution is 0.0872. The molecule has 5 heteroatoms. The molecule has 1 N–H and O–H groups in total. The van der Waals surface area contributed by atoms with Crippen molar-refractivity contribution in [1.29, 1.82) is 0 Å². The summed E-state index contributed by atoms with van der Waals surface area (Å²) < 4.78 is 6.18. The van der Waals surface area contributed by atoms with Crippen molar-refractivity contribution in [2.45, 2.75) is 19.9 Å². The van der Waals surface area contributed by atoms with Crippen molar-refractivity contribution in [3.63, 3.8) is 0 Å². The van der Waals surface area contributed by atoms with Crippen LogP contribution in [-0.2, 0) is 4.74 Å². The first-order chi connectivity index (χ1) is 7.13. The van der Waals surface area contributed by atoms with Crippen LogP contribution in [0.15, 0.2) is 15.2 Å². The maximum absolute atomic E-state index is 11.7. The summed E-state index contributed by atoms with van der Waals surface area (Å²) in [4.78, 5) is 11.7. The Morgan fingerprint density at radius 3 is 3.00 bits per heavy atom. The Bertz CT molecular complexity index is 327. The lowest BCUT2D eigenvalue weighted by Gasteiger charge is -2.12. The van der Waals surface area contributed by atoms with Crippen molar-refractivity contribution in [3.8, 4) is 0 Å². The first kappa shape index (κ1) is 12.7. The van der Waals surface area contributed by atoms with Crippen molar-refractivity contribution in [3.05, 3.63) is 20.8 Å². The molecule has 0 spiro atoms. The van der Waals surface area contributed by atoms with E-state index < -0.39 is 0 Å². The third-order valence-corrected chi connectivity index (χ3v) is 3.28. The van der Waals surface area contributed by atoms with E-state index in [1.807, 2.05) is 25.3 Å². The largest absolute Gasteiger partial charge is 0.380 e. The van der Waals surface area contributed by atoms with Crippen LogP contribution in [-0.4, -0.2) is 25.2 Å². The summed E-state index contributed by atoms with van der Waals surface area (Å²) in [7, 11) is 0. The van der Waals surface area contributed by atoms with Gasteiger partial charge in [-0.2, -0.15) is 0 Å². The Morgan fingerprint density at radius 1 is 1.73 bits per heavy atom. The fraction of sp³-hybridized carbons (Fsp3) is 0.500. The molecule has 1 aromatic rings. The molecule has 84 valence electrons. The van der Waals surface area contributed by atoms with E-state index in [9.17, 15) is 4.79 Å². The lowest BCUT2D eigenvalue weighted by atomic mass is 10.3. The average molecular weight is 292 g/mol. The molecule has 0 saturated heterocycles. The molecule has 0 saturated carbocycles. The second-order valence-corrected chi connectivity index (χ2v) is 5.46. The highest BCUT2D eigenvalue weighted by atomic mass is 79.9. The van der Waals surface area contributed by atoms with E-state index in [0.717, 1.165) is 3.79 Å². The number of rotatable bonds is 5. The van der Waals surface area contributed by atoms with Crippen LogP contribution in [0, 0.1) is 0 Å². The molecule has 0 radical (unpaired) electrons. The minimum atomic E-state index is -0.0517. The molecule has 0 aromatic carbocycles. The molecule has 1 atom stereocenters. The summed E-state index contributed by atoms with van der Waals surface area (Å²) in [5.41, 5.74) is 0.690. The molecule has 1 rings (SSSR count). The van der Waals surface area contributed by atoms with Crippen LogP contribution in [0.5, 0.6) is 0 Å². The SMILES string of the molecule is CCOCC(C)NC(=O)c1csc(Br)c1. The molecule has 1 heterocycles. The van der Waals surface area contributed by atoms with Gasteiger partial charge in [-0.05, 0) is 35.8 Å². The van der Waals surface area contributed by atoms with Gasteiger partial charge in [-0.25, -0.2) is 0 Å². The van der Waals surface area contributed by atoms with E-state index in [0.29, 0.717) is 18.8 Å². The first-order valence-corrected chi connectivity index (χ1v) is 6.43. The van der Waals surface area contributed by atoms with Crippen molar-refractivity contribution in [2.75, 3.05) is 13.2 Å². The standard InChI is InChI=1S/C10H14BrNO2S/c1-3-14-5-7(2)12-10(13)8-4-9(11)15-6-8/h4,6-7H,3,5H2,1-2H3,(H,12,13). The van der Waals surface area contributed by atoms with E-state index in [1.165, 1.54) is 11.3 Å². The number of nitrogens with one attached hydrogen (secondary N) is 1.